The van der Waals surface area contributed by atoms with Gasteiger partial charge in [-0.15, -0.1) is 0 Å². The molecule has 1 aromatic rings. The summed E-state index contributed by atoms with van der Waals surface area (Å²) in [5.41, 5.74) is 0.428. The highest BCUT2D eigenvalue weighted by molar-refractivity contribution is 5.92. The predicted octanol–water partition coefficient (Wildman–Crippen LogP) is 0.796. The quantitative estimate of drug-likeness (QED) is 0.731. The molecular formula is C10H14N4O. The molecule has 1 heterocycles. The number of hydrogen-bond acceptors (Lipinski definition) is 3. The van der Waals surface area contributed by atoms with Gasteiger partial charge in [0.25, 0.3) is 5.91 Å². The van der Waals surface area contributed by atoms with Crippen molar-refractivity contribution >= 4 is 5.91 Å². The maximum absolute atomic E-state index is 11.8. The third kappa shape index (κ3) is 2.81. The van der Waals surface area contributed by atoms with Crippen molar-refractivity contribution in [2.45, 2.75) is 13.3 Å². The minimum Gasteiger partial charge on any atom is -0.340 e. The number of rotatable bonds is 4. The number of hydrogen-bond donors (Lipinski definition) is 0. The fourth-order valence-corrected chi connectivity index (χ4v) is 1.27. The summed E-state index contributed by atoms with van der Waals surface area (Å²) in [5.74, 6) is -0.117. The maximum Gasteiger partial charge on any atom is 0.274 e. The molecule has 0 saturated heterocycles. The molecule has 0 aliphatic heterocycles. The molecule has 5 nitrogen and oxygen atoms in total. The maximum atomic E-state index is 11.8. The van der Waals surface area contributed by atoms with E-state index in [4.69, 9.17) is 5.26 Å². The highest BCUT2D eigenvalue weighted by Crippen LogP contribution is 2.02. The number of carbonyl (C=O) groups excluding carboxylic acids is 1. The van der Waals surface area contributed by atoms with E-state index in [1.807, 2.05) is 20.0 Å². The van der Waals surface area contributed by atoms with Gasteiger partial charge in [0.05, 0.1) is 18.8 Å². The summed E-state index contributed by atoms with van der Waals surface area (Å²) in [6.07, 6.45) is 3.62. The highest BCUT2D eigenvalue weighted by atomic mass is 16.2. The van der Waals surface area contributed by atoms with Crippen LogP contribution >= 0.6 is 0 Å². The smallest absolute Gasteiger partial charge is 0.274 e. The van der Waals surface area contributed by atoms with Crippen LogP contribution in [0.5, 0.6) is 0 Å². The van der Waals surface area contributed by atoms with Gasteiger partial charge in [-0.1, -0.05) is 0 Å². The van der Waals surface area contributed by atoms with Crippen molar-refractivity contribution in [1.29, 1.82) is 5.26 Å². The van der Waals surface area contributed by atoms with Crippen molar-refractivity contribution in [3.05, 3.63) is 18.2 Å². The van der Waals surface area contributed by atoms with Crippen molar-refractivity contribution in [2.75, 3.05) is 13.1 Å². The standard InChI is InChI=1S/C10H14N4O/c1-3-14(6-4-5-11)10(15)9-7-13(2)8-12-9/h7-8H,3-4,6H2,1-2H3. The summed E-state index contributed by atoms with van der Waals surface area (Å²) in [6, 6.07) is 2.02. The van der Waals surface area contributed by atoms with Gasteiger partial charge in [0.15, 0.2) is 0 Å². The predicted molar refractivity (Wildman–Crippen MR) is 55.0 cm³/mol. The van der Waals surface area contributed by atoms with Crippen LogP contribution in [0.2, 0.25) is 0 Å². The largest absolute Gasteiger partial charge is 0.340 e. The van der Waals surface area contributed by atoms with Gasteiger partial charge < -0.3 is 9.47 Å². The van der Waals surface area contributed by atoms with Gasteiger partial charge in [-0.05, 0) is 6.92 Å². The van der Waals surface area contributed by atoms with E-state index in [0.29, 0.717) is 25.2 Å². The molecule has 0 aliphatic rings. The van der Waals surface area contributed by atoms with Crippen LogP contribution in [0.4, 0.5) is 0 Å². The number of aryl methyl sites for hydroxylation is 1. The minimum absolute atomic E-state index is 0.117. The molecule has 0 N–H and O–H groups in total. The Morgan fingerprint density at radius 1 is 1.73 bits per heavy atom. The summed E-state index contributed by atoms with van der Waals surface area (Å²) in [5, 5.41) is 8.46. The summed E-state index contributed by atoms with van der Waals surface area (Å²) in [7, 11) is 1.81. The van der Waals surface area contributed by atoms with E-state index in [1.165, 1.54) is 0 Å². The first-order valence-corrected chi connectivity index (χ1v) is 4.83. The van der Waals surface area contributed by atoms with E-state index in [0.717, 1.165) is 0 Å². The number of nitriles is 1. The van der Waals surface area contributed by atoms with E-state index >= 15 is 0 Å². The first-order valence-electron chi connectivity index (χ1n) is 4.83. The molecule has 15 heavy (non-hydrogen) atoms. The van der Waals surface area contributed by atoms with Crippen molar-refractivity contribution < 1.29 is 4.79 Å². The molecular weight excluding hydrogens is 192 g/mol. The molecule has 0 bridgehead atoms. The average Bonchev–Trinajstić information content (AvgIpc) is 2.65. The molecule has 0 spiro atoms. The van der Waals surface area contributed by atoms with Gasteiger partial charge >= 0.3 is 0 Å². The zero-order valence-corrected chi connectivity index (χ0v) is 8.97. The summed E-state index contributed by atoms with van der Waals surface area (Å²) >= 11 is 0. The third-order valence-corrected chi connectivity index (χ3v) is 2.09. The fourth-order valence-electron chi connectivity index (χ4n) is 1.27. The normalized spacial score (nSPS) is 9.67. The second kappa shape index (κ2) is 5.15. The lowest BCUT2D eigenvalue weighted by molar-refractivity contribution is 0.0762. The number of nitrogens with zero attached hydrogens (tertiary/aromatic N) is 4. The van der Waals surface area contributed by atoms with E-state index in [-0.39, 0.29) is 5.91 Å². The molecule has 1 amide bonds. The average molecular weight is 206 g/mol. The third-order valence-electron chi connectivity index (χ3n) is 2.09. The molecule has 0 unspecified atom stereocenters. The van der Waals surface area contributed by atoms with Crippen LogP contribution in [0.15, 0.2) is 12.5 Å². The van der Waals surface area contributed by atoms with Crippen LogP contribution in [0.1, 0.15) is 23.8 Å². The van der Waals surface area contributed by atoms with E-state index in [1.54, 1.807) is 22.0 Å². The van der Waals surface area contributed by atoms with Crippen LogP contribution < -0.4 is 0 Å². The molecule has 1 rings (SSSR count). The van der Waals surface area contributed by atoms with E-state index in [2.05, 4.69) is 4.98 Å². The summed E-state index contributed by atoms with van der Waals surface area (Å²) < 4.78 is 1.73. The van der Waals surface area contributed by atoms with Gasteiger partial charge in [-0.25, -0.2) is 4.98 Å². The Bertz CT molecular complexity index is 377. The molecule has 0 radical (unpaired) electrons. The molecule has 0 saturated carbocycles. The second-order valence-corrected chi connectivity index (χ2v) is 3.22. The molecule has 0 aliphatic carbocycles. The Labute approximate surface area is 88.9 Å². The van der Waals surface area contributed by atoms with Crippen LogP contribution in [0, 0.1) is 11.3 Å². The first-order chi connectivity index (χ1) is 7.19. The van der Waals surface area contributed by atoms with Gasteiger partial charge in [0.1, 0.15) is 5.69 Å². The first kappa shape index (κ1) is 11.2. The van der Waals surface area contributed by atoms with Crippen LogP contribution in [-0.4, -0.2) is 33.4 Å². The lowest BCUT2D eigenvalue weighted by atomic mass is 10.3. The molecule has 80 valence electrons. The topological polar surface area (TPSA) is 61.9 Å². The zero-order chi connectivity index (χ0) is 11.3. The summed E-state index contributed by atoms with van der Waals surface area (Å²) in [4.78, 5) is 17.4. The molecule has 0 fully saturated rings. The fraction of sp³-hybridized carbons (Fsp3) is 0.500. The van der Waals surface area contributed by atoms with E-state index in [9.17, 15) is 4.79 Å². The van der Waals surface area contributed by atoms with Crippen molar-refractivity contribution in [3.63, 3.8) is 0 Å². The van der Waals surface area contributed by atoms with Crippen LogP contribution in [-0.2, 0) is 7.05 Å². The Balaban J connectivity index is 2.69. The lowest BCUT2D eigenvalue weighted by Gasteiger charge is -2.17. The van der Waals surface area contributed by atoms with Gasteiger partial charge in [-0.3, -0.25) is 4.79 Å². The van der Waals surface area contributed by atoms with Crippen molar-refractivity contribution in [2.24, 2.45) is 7.05 Å². The summed E-state index contributed by atoms with van der Waals surface area (Å²) in [6.45, 7) is 2.94. The van der Waals surface area contributed by atoms with Crippen molar-refractivity contribution in [3.8, 4) is 6.07 Å². The number of amides is 1. The zero-order valence-electron chi connectivity index (χ0n) is 8.97. The number of imidazole rings is 1. The van der Waals surface area contributed by atoms with Gasteiger partial charge in [-0.2, -0.15) is 5.26 Å². The van der Waals surface area contributed by atoms with Gasteiger partial charge in [0, 0.05) is 26.3 Å². The molecule has 5 heteroatoms. The lowest BCUT2D eigenvalue weighted by Crippen LogP contribution is -2.31. The molecule has 0 aromatic carbocycles. The minimum atomic E-state index is -0.117. The Morgan fingerprint density at radius 3 is 2.93 bits per heavy atom. The highest BCUT2D eigenvalue weighted by Gasteiger charge is 2.15. The number of aromatic nitrogens is 2. The Morgan fingerprint density at radius 2 is 2.47 bits per heavy atom. The van der Waals surface area contributed by atoms with Gasteiger partial charge in [0.2, 0.25) is 0 Å². The molecule has 1 aromatic heterocycles. The Kier molecular flexibility index (Phi) is 3.86. The second-order valence-electron chi connectivity index (χ2n) is 3.22. The van der Waals surface area contributed by atoms with E-state index < -0.39 is 0 Å². The monoisotopic (exact) mass is 206 g/mol. The SMILES string of the molecule is CCN(CCC#N)C(=O)c1cn(C)cn1. The van der Waals surface area contributed by atoms with Crippen LogP contribution in [0.25, 0.3) is 0 Å². The van der Waals surface area contributed by atoms with Crippen molar-refractivity contribution in [1.82, 2.24) is 14.5 Å². The van der Waals surface area contributed by atoms with Crippen LogP contribution in [0.3, 0.4) is 0 Å². The molecule has 0 atom stereocenters. The Hall–Kier alpha value is -1.83. The number of carbonyl (C=O) groups is 1.